The number of hydrogen-bond donors (Lipinski definition) is 2. The zero-order valence-corrected chi connectivity index (χ0v) is 13.7. The first-order valence-corrected chi connectivity index (χ1v) is 7.84. The van der Waals surface area contributed by atoms with E-state index in [1.807, 2.05) is 24.3 Å². The summed E-state index contributed by atoms with van der Waals surface area (Å²) in [5.74, 6) is -0.640. The highest BCUT2D eigenvalue weighted by atomic mass is 16.2. The van der Waals surface area contributed by atoms with Crippen LogP contribution in [0, 0.1) is 0 Å². The van der Waals surface area contributed by atoms with Crippen molar-refractivity contribution in [2.24, 2.45) is 7.05 Å². The number of benzene rings is 2. The maximum absolute atomic E-state index is 12.7. The van der Waals surface area contributed by atoms with E-state index >= 15 is 0 Å². The van der Waals surface area contributed by atoms with E-state index in [9.17, 15) is 9.59 Å². The van der Waals surface area contributed by atoms with Crippen molar-refractivity contribution < 1.29 is 9.59 Å². The first-order valence-electron chi connectivity index (χ1n) is 7.84. The van der Waals surface area contributed by atoms with Crippen LogP contribution in [-0.2, 0) is 11.8 Å². The van der Waals surface area contributed by atoms with Gasteiger partial charge in [-0.25, -0.2) is 0 Å². The molecule has 2 N–H and O–H groups in total. The molecule has 3 aromatic rings. The van der Waals surface area contributed by atoms with Gasteiger partial charge in [0.1, 0.15) is 6.04 Å². The Morgan fingerprint density at radius 2 is 1.64 bits per heavy atom. The van der Waals surface area contributed by atoms with Crippen LogP contribution in [0.3, 0.4) is 0 Å². The molecule has 1 heterocycles. The topological polar surface area (TPSA) is 76.0 Å². The van der Waals surface area contributed by atoms with Crippen molar-refractivity contribution in [3.8, 4) is 0 Å². The standard InChI is InChI=1S/C19H18N4O2/c1-23-13-16(12-20-23)21-19(25)17(14-8-4-2-5-9-14)22-18(24)15-10-6-3-7-11-15/h2-13,17H,1H3,(H,21,25)(H,22,24)/t17-/m0/s1. The summed E-state index contributed by atoms with van der Waals surface area (Å²) in [5.41, 5.74) is 1.77. The highest BCUT2D eigenvalue weighted by Crippen LogP contribution is 2.16. The number of nitrogens with one attached hydrogen (secondary N) is 2. The van der Waals surface area contributed by atoms with Crippen LogP contribution in [0.15, 0.2) is 73.1 Å². The van der Waals surface area contributed by atoms with Crippen LogP contribution >= 0.6 is 0 Å². The lowest BCUT2D eigenvalue weighted by molar-refractivity contribution is -0.118. The number of rotatable bonds is 5. The van der Waals surface area contributed by atoms with Crippen LogP contribution in [0.1, 0.15) is 22.0 Å². The molecule has 0 aliphatic heterocycles. The van der Waals surface area contributed by atoms with Gasteiger partial charge in [0.15, 0.2) is 0 Å². The van der Waals surface area contributed by atoms with Gasteiger partial charge < -0.3 is 10.6 Å². The predicted octanol–water partition coefficient (Wildman–Crippen LogP) is 2.53. The number of amides is 2. The zero-order chi connectivity index (χ0) is 17.6. The fourth-order valence-corrected chi connectivity index (χ4v) is 2.45. The summed E-state index contributed by atoms with van der Waals surface area (Å²) >= 11 is 0. The van der Waals surface area contributed by atoms with Gasteiger partial charge >= 0.3 is 0 Å². The lowest BCUT2D eigenvalue weighted by Crippen LogP contribution is -2.37. The van der Waals surface area contributed by atoms with E-state index in [0.717, 1.165) is 0 Å². The summed E-state index contributed by atoms with van der Waals surface area (Å²) in [6, 6.07) is 17.1. The number of carbonyl (C=O) groups excluding carboxylic acids is 2. The zero-order valence-electron chi connectivity index (χ0n) is 13.7. The molecule has 1 atom stereocenters. The van der Waals surface area contributed by atoms with Crippen molar-refractivity contribution in [2.75, 3.05) is 5.32 Å². The van der Waals surface area contributed by atoms with E-state index in [0.29, 0.717) is 16.8 Å². The SMILES string of the molecule is Cn1cc(NC(=O)[C@@H](NC(=O)c2ccccc2)c2ccccc2)cn1. The molecule has 126 valence electrons. The molecule has 0 bridgehead atoms. The van der Waals surface area contributed by atoms with Gasteiger partial charge in [-0.1, -0.05) is 48.5 Å². The third-order valence-electron chi connectivity index (χ3n) is 3.68. The van der Waals surface area contributed by atoms with Gasteiger partial charge in [-0.3, -0.25) is 14.3 Å². The van der Waals surface area contributed by atoms with Gasteiger partial charge in [0, 0.05) is 18.8 Å². The van der Waals surface area contributed by atoms with E-state index in [-0.39, 0.29) is 11.8 Å². The third kappa shape index (κ3) is 4.11. The Kier molecular flexibility index (Phi) is 4.89. The Labute approximate surface area is 145 Å². The van der Waals surface area contributed by atoms with Crippen LogP contribution in [0.4, 0.5) is 5.69 Å². The highest BCUT2D eigenvalue weighted by molar-refractivity contribution is 6.01. The lowest BCUT2D eigenvalue weighted by Gasteiger charge is -2.18. The average Bonchev–Trinajstić information content (AvgIpc) is 3.05. The Morgan fingerprint density at radius 1 is 1.00 bits per heavy atom. The average molecular weight is 334 g/mol. The molecular formula is C19H18N4O2. The minimum Gasteiger partial charge on any atom is -0.336 e. The fraction of sp³-hybridized carbons (Fsp3) is 0.105. The Bertz CT molecular complexity index is 859. The van der Waals surface area contributed by atoms with Crippen molar-refractivity contribution in [3.05, 3.63) is 84.2 Å². The van der Waals surface area contributed by atoms with Crippen LogP contribution in [0.5, 0.6) is 0 Å². The van der Waals surface area contributed by atoms with Gasteiger partial charge in [0.25, 0.3) is 11.8 Å². The molecule has 0 aliphatic rings. The molecule has 25 heavy (non-hydrogen) atoms. The highest BCUT2D eigenvalue weighted by Gasteiger charge is 2.23. The molecule has 0 unspecified atom stereocenters. The number of hydrogen-bond acceptors (Lipinski definition) is 3. The Balaban J connectivity index is 1.82. The molecule has 6 heteroatoms. The largest absolute Gasteiger partial charge is 0.336 e. The van der Waals surface area contributed by atoms with Crippen molar-refractivity contribution in [1.82, 2.24) is 15.1 Å². The summed E-state index contributed by atoms with van der Waals surface area (Å²) in [6.45, 7) is 0. The molecule has 0 saturated heterocycles. The lowest BCUT2D eigenvalue weighted by atomic mass is 10.1. The number of anilines is 1. The Morgan fingerprint density at radius 3 is 2.24 bits per heavy atom. The monoisotopic (exact) mass is 334 g/mol. The smallest absolute Gasteiger partial charge is 0.252 e. The maximum atomic E-state index is 12.7. The van der Waals surface area contributed by atoms with Gasteiger partial charge in [-0.05, 0) is 17.7 Å². The molecule has 0 fully saturated rings. The quantitative estimate of drug-likeness (QED) is 0.753. The van der Waals surface area contributed by atoms with Crippen molar-refractivity contribution in [3.63, 3.8) is 0 Å². The maximum Gasteiger partial charge on any atom is 0.252 e. The van der Waals surface area contributed by atoms with Crippen molar-refractivity contribution >= 4 is 17.5 Å². The summed E-state index contributed by atoms with van der Waals surface area (Å²) in [4.78, 5) is 25.2. The second-order valence-electron chi connectivity index (χ2n) is 5.58. The normalized spacial score (nSPS) is 11.6. The van der Waals surface area contributed by atoms with Gasteiger partial charge in [-0.15, -0.1) is 0 Å². The van der Waals surface area contributed by atoms with Gasteiger partial charge in [0.05, 0.1) is 11.9 Å². The minimum absolute atomic E-state index is 0.309. The first kappa shape index (κ1) is 16.4. The third-order valence-corrected chi connectivity index (χ3v) is 3.68. The molecule has 2 amide bonds. The predicted molar refractivity (Wildman–Crippen MR) is 94.9 cm³/mol. The van der Waals surface area contributed by atoms with Crippen molar-refractivity contribution in [1.29, 1.82) is 0 Å². The molecule has 1 aromatic heterocycles. The number of carbonyl (C=O) groups is 2. The van der Waals surface area contributed by atoms with E-state index < -0.39 is 6.04 Å². The molecule has 0 aliphatic carbocycles. The molecule has 3 rings (SSSR count). The second-order valence-corrected chi connectivity index (χ2v) is 5.58. The summed E-state index contributed by atoms with van der Waals surface area (Å²) in [5, 5.41) is 9.60. The molecule has 0 radical (unpaired) electrons. The second kappa shape index (κ2) is 7.44. The minimum atomic E-state index is -0.811. The van der Waals surface area contributed by atoms with Crippen LogP contribution in [0.25, 0.3) is 0 Å². The van der Waals surface area contributed by atoms with Gasteiger partial charge in [-0.2, -0.15) is 5.10 Å². The van der Waals surface area contributed by atoms with E-state index in [1.54, 1.807) is 60.5 Å². The summed E-state index contributed by atoms with van der Waals surface area (Å²) in [6.07, 6.45) is 3.25. The molecule has 2 aromatic carbocycles. The summed E-state index contributed by atoms with van der Waals surface area (Å²) in [7, 11) is 1.77. The van der Waals surface area contributed by atoms with Crippen LogP contribution in [0.2, 0.25) is 0 Å². The molecule has 0 saturated carbocycles. The van der Waals surface area contributed by atoms with Crippen LogP contribution < -0.4 is 10.6 Å². The van der Waals surface area contributed by atoms with E-state index in [4.69, 9.17) is 0 Å². The van der Waals surface area contributed by atoms with E-state index in [2.05, 4.69) is 15.7 Å². The van der Waals surface area contributed by atoms with E-state index in [1.165, 1.54) is 0 Å². The molecule has 6 nitrogen and oxygen atoms in total. The number of nitrogens with zero attached hydrogens (tertiary/aromatic N) is 2. The molecule has 0 spiro atoms. The Hall–Kier alpha value is -3.41. The number of aromatic nitrogens is 2. The summed E-state index contributed by atoms with van der Waals surface area (Å²) < 4.78 is 1.59. The molecular weight excluding hydrogens is 316 g/mol. The van der Waals surface area contributed by atoms with Crippen molar-refractivity contribution in [2.45, 2.75) is 6.04 Å². The first-order chi connectivity index (χ1) is 12.1. The van der Waals surface area contributed by atoms with Crippen LogP contribution in [-0.4, -0.2) is 21.6 Å². The fourth-order valence-electron chi connectivity index (χ4n) is 2.45. The number of aryl methyl sites for hydroxylation is 1. The van der Waals surface area contributed by atoms with Gasteiger partial charge in [0.2, 0.25) is 0 Å².